The molecule has 1 aromatic rings. The van der Waals surface area contributed by atoms with E-state index in [1.807, 2.05) is 37.3 Å². The van der Waals surface area contributed by atoms with Crippen LogP contribution in [-0.4, -0.2) is 16.5 Å². The molecule has 0 unspecified atom stereocenters. The fourth-order valence-electron chi connectivity index (χ4n) is 2.12. The third-order valence-electron chi connectivity index (χ3n) is 3.35. The largest absolute Gasteiger partial charge is 0.371 e. The Hall–Kier alpha value is -1.59. The summed E-state index contributed by atoms with van der Waals surface area (Å²) in [4.78, 5) is 11.8. The second-order valence-corrected chi connectivity index (χ2v) is 4.60. The maximum Gasteiger partial charge on any atom is 0.186 e. The van der Waals surface area contributed by atoms with Gasteiger partial charge in [-0.2, -0.15) is 0 Å². The van der Waals surface area contributed by atoms with Crippen molar-refractivity contribution in [2.75, 3.05) is 0 Å². The standard InChI is InChI=1S/C15H16O2/c1-12-6-5-9-14(16)15(12,17)11-10-13-7-3-2-4-8-13/h2-4,7-8,12,17H,5-6,9H2,1H3/t12-,15-/m0/s1. The van der Waals surface area contributed by atoms with Crippen LogP contribution in [0.1, 0.15) is 31.7 Å². The normalized spacial score (nSPS) is 28.4. The quantitative estimate of drug-likeness (QED) is 0.691. The molecule has 1 saturated carbocycles. The molecule has 0 heterocycles. The molecule has 1 aliphatic rings. The van der Waals surface area contributed by atoms with E-state index in [0.717, 1.165) is 18.4 Å². The highest BCUT2D eigenvalue weighted by Crippen LogP contribution is 2.30. The maximum atomic E-state index is 11.8. The fraction of sp³-hybridized carbons (Fsp3) is 0.400. The highest BCUT2D eigenvalue weighted by Gasteiger charge is 2.41. The Bertz CT molecular complexity index is 467. The number of benzene rings is 1. The first-order chi connectivity index (χ1) is 8.13. The molecule has 1 aliphatic carbocycles. The van der Waals surface area contributed by atoms with Gasteiger partial charge in [-0.15, -0.1) is 0 Å². The van der Waals surface area contributed by atoms with Gasteiger partial charge in [-0.3, -0.25) is 4.79 Å². The smallest absolute Gasteiger partial charge is 0.186 e. The first-order valence-corrected chi connectivity index (χ1v) is 5.97. The van der Waals surface area contributed by atoms with Gasteiger partial charge in [0.15, 0.2) is 11.4 Å². The lowest BCUT2D eigenvalue weighted by Gasteiger charge is -2.31. The minimum Gasteiger partial charge on any atom is -0.371 e. The van der Waals surface area contributed by atoms with Crippen molar-refractivity contribution >= 4 is 5.78 Å². The van der Waals surface area contributed by atoms with Crippen LogP contribution in [0.4, 0.5) is 0 Å². The van der Waals surface area contributed by atoms with Gasteiger partial charge in [-0.25, -0.2) is 0 Å². The van der Waals surface area contributed by atoms with Crippen LogP contribution in [-0.2, 0) is 4.79 Å². The molecule has 0 spiro atoms. The molecular weight excluding hydrogens is 212 g/mol. The minimum atomic E-state index is -1.45. The van der Waals surface area contributed by atoms with Crippen molar-refractivity contribution in [1.82, 2.24) is 0 Å². The average Bonchev–Trinajstić information content (AvgIpc) is 2.35. The van der Waals surface area contributed by atoms with Crippen LogP contribution in [0.3, 0.4) is 0 Å². The monoisotopic (exact) mass is 228 g/mol. The lowest BCUT2D eigenvalue weighted by molar-refractivity contribution is -0.139. The van der Waals surface area contributed by atoms with Gasteiger partial charge in [0.05, 0.1) is 0 Å². The number of carbonyl (C=O) groups excluding carboxylic acids is 1. The van der Waals surface area contributed by atoms with E-state index in [1.165, 1.54) is 0 Å². The molecule has 2 rings (SSSR count). The molecule has 0 aromatic heterocycles. The molecule has 2 nitrogen and oxygen atoms in total. The average molecular weight is 228 g/mol. The summed E-state index contributed by atoms with van der Waals surface area (Å²) in [5.41, 5.74) is -0.625. The van der Waals surface area contributed by atoms with Gasteiger partial charge >= 0.3 is 0 Å². The molecule has 88 valence electrons. The van der Waals surface area contributed by atoms with Gasteiger partial charge in [-0.05, 0) is 25.0 Å². The molecule has 0 saturated heterocycles. The zero-order valence-electron chi connectivity index (χ0n) is 9.94. The lowest BCUT2D eigenvalue weighted by atomic mass is 9.76. The van der Waals surface area contributed by atoms with E-state index < -0.39 is 5.60 Å². The summed E-state index contributed by atoms with van der Waals surface area (Å²) in [6.07, 6.45) is 2.14. The van der Waals surface area contributed by atoms with Crippen molar-refractivity contribution in [1.29, 1.82) is 0 Å². The van der Waals surface area contributed by atoms with Gasteiger partial charge in [0.25, 0.3) is 0 Å². The van der Waals surface area contributed by atoms with Gasteiger partial charge in [-0.1, -0.05) is 37.0 Å². The van der Waals surface area contributed by atoms with Crippen LogP contribution in [0.5, 0.6) is 0 Å². The van der Waals surface area contributed by atoms with Crippen LogP contribution in [0, 0.1) is 17.8 Å². The SMILES string of the molecule is C[C@H]1CCCC(=O)[C@]1(O)C#Cc1ccccc1. The summed E-state index contributed by atoms with van der Waals surface area (Å²) < 4.78 is 0. The van der Waals surface area contributed by atoms with Crippen molar-refractivity contribution in [3.05, 3.63) is 35.9 Å². The number of hydrogen-bond acceptors (Lipinski definition) is 2. The third kappa shape index (κ3) is 2.40. The van der Waals surface area contributed by atoms with Crippen LogP contribution in [0.25, 0.3) is 0 Å². The number of carbonyl (C=O) groups is 1. The number of rotatable bonds is 0. The Balaban J connectivity index is 2.27. The highest BCUT2D eigenvalue weighted by atomic mass is 16.3. The van der Waals surface area contributed by atoms with Crippen LogP contribution >= 0.6 is 0 Å². The van der Waals surface area contributed by atoms with Crippen molar-refractivity contribution in [2.24, 2.45) is 5.92 Å². The summed E-state index contributed by atoms with van der Waals surface area (Å²) in [6.45, 7) is 1.89. The molecule has 0 radical (unpaired) electrons. The van der Waals surface area contributed by atoms with E-state index in [-0.39, 0.29) is 11.7 Å². The van der Waals surface area contributed by atoms with E-state index in [1.54, 1.807) is 0 Å². The van der Waals surface area contributed by atoms with Crippen LogP contribution in [0.15, 0.2) is 30.3 Å². The minimum absolute atomic E-state index is 0.0834. The molecule has 1 N–H and O–H groups in total. The molecule has 2 atom stereocenters. The first kappa shape index (κ1) is 11.9. The maximum absolute atomic E-state index is 11.8. The number of ketones is 1. The Labute approximate surface area is 102 Å². The van der Waals surface area contributed by atoms with Gasteiger partial charge in [0.1, 0.15) is 0 Å². The number of Topliss-reactive ketones (excluding diaryl/α,β-unsaturated/α-hetero) is 1. The summed E-state index contributed by atoms with van der Waals surface area (Å²) >= 11 is 0. The summed E-state index contributed by atoms with van der Waals surface area (Å²) in [7, 11) is 0. The van der Waals surface area contributed by atoms with E-state index in [2.05, 4.69) is 11.8 Å². The molecule has 1 aromatic carbocycles. The number of aliphatic hydroxyl groups is 1. The van der Waals surface area contributed by atoms with Gasteiger partial charge < -0.3 is 5.11 Å². The predicted octanol–water partition coefficient (Wildman–Crippen LogP) is 2.16. The summed E-state index contributed by atoms with van der Waals surface area (Å²) in [5.74, 6) is 5.44. The Morgan fingerprint density at radius 1 is 1.35 bits per heavy atom. The molecule has 17 heavy (non-hydrogen) atoms. The molecule has 2 heteroatoms. The summed E-state index contributed by atoms with van der Waals surface area (Å²) in [5, 5.41) is 10.3. The lowest BCUT2D eigenvalue weighted by Crippen LogP contribution is -2.46. The van der Waals surface area contributed by atoms with Crippen molar-refractivity contribution in [3.63, 3.8) is 0 Å². The zero-order valence-corrected chi connectivity index (χ0v) is 9.94. The first-order valence-electron chi connectivity index (χ1n) is 5.97. The van der Waals surface area contributed by atoms with Crippen LogP contribution in [0.2, 0.25) is 0 Å². The third-order valence-corrected chi connectivity index (χ3v) is 3.35. The second kappa shape index (κ2) is 4.73. The molecule has 1 fully saturated rings. The zero-order chi connectivity index (χ0) is 12.3. The van der Waals surface area contributed by atoms with Crippen molar-refractivity contribution < 1.29 is 9.90 Å². The highest BCUT2D eigenvalue weighted by molar-refractivity contribution is 5.91. The predicted molar refractivity (Wildman–Crippen MR) is 66.3 cm³/mol. The molecule has 0 amide bonds. The van der Waals surface area contributed by atoms with Crippen molar-refractivity contribution in [2.45, 2.75) is 31.8 Å². The Morgan fingerprint density at radius 2 is 2.06 bits per heavy atom. The Morgan fingerprint density at radius 3 is 2.71 bits per heavy atom. The van der Waals surface area contributed by atoms with E-state index in [0.29, 0.717) is 6.42 Å². The fourth-order valence-corrected chi connectivity index (χ4v) is 2.12. The summed E-state index contributed by atoms with van der Waals surface area (Å²) in [6, 6.07) is 9.43. The number of hydrogen-bond donors (Lipinski definition) is 1. The molecule has 0 aliphatic heterocycles. The van der Waals surface area contributed by atoms with E-state index >= 15 is 0 Å². The molecule has 0 bridgehead atoms. The Kier molecular flexibility index (Phi) is 3.31. The van der Waals surface area contributed by atoms with E-state index in [9.17, 15) is 9.90 Å². The second-order valence-electron chi connectivity index (χ2n) is 4.60. The van der Waals surface area contributed by atoms with Gasteiger partial charge in [0, 0.05) is 17.9 Å². The van der Waals surface area contributed by atoms with Crippen molar-refractivity contribution in [3.8, 4) is 11.8 Å². The van der Waals surface area contributed by atoms with Gasteiger partial charge in [0.2, 0.25) is 0 Å². The van der Waals surface area contributed by atoms with Crippen LogP contribution < -0.4 is 0 Å². The molecular formula is C15H16O2. The van der Waals surface area contributed by atoms with E-state index in [4.69, 9.17) is 0 Å². The topological polar surface area (TPSA) is 37.3 Å².